The molecule has 0 amide bonds. The first-order valence-corrected chi connectivity index (χ1v) is 8.53. The maximum atomic E-state index is 12.9. The summed E-state index contributed by atoms with van der Waals surface area (Å²) >= 11 is 5.94. The van der Waals surface area contributed by atoms with Crippen LogP contribution in [-0.4, -0.2) is 30.3 Å². The second-order valence-electron chi connectivity index (χ2n) is 6.02. The van der Waals surface area contributed by atoms with E-state index in [1.54, 1.807) is 35.1 Å². The quantitative estimate of drug-likeness (QED) is 0.492. The molecule has 4 rings (SSSR count). The molecule has 0 aliphatic carbocycles. The van der Waals surface area contributed by atoms with Crippen LogP contribution < -0.4 is 4.74 Å². The normalized spacial score (nSPS) is 10.9. The van der Waals surface area contributed by atoms with Gasteiger partial charge in [-0.3, -0.25) is 19.2 Å². The maximum absolute atomic E-state index is 12.9. The summed E-state index contributed by atoms with van der Waals surface area (Å²) in [5.74, 6) is 0.791. The minimum absolute atomic E-state index is 0.126. The second-order valence-corrected chi connectivity index (χ2v) is 6.46. The van der Waals surface area contributed by atoms with Gasteiger partial charge in [0.25, 0.3) is 0 Å². The number of pyridine rings is 3. The van der Waals surface area contributed by atoms with Crippen LogP contribution in [0, 0.1) is 6.92 Å². The first-order valence-electron chi connectivity index (χ1n) is 8.15. The van der Waals surface area contributed by atoms with E-state index in [9.17, 15) is 4.79 Å². The van der Waals surface area contributed by atoms with E-state index in [1.165, 1.54) is 12.5 Å². The number of fused-ring (bicyclic) bond motifs is 1. The maximum Gasteiger partial charge on any atom is 0.172 e. The van der Waals surface area contributed by atoms with E-state index in [1.807, 2.05) is 19.1 Å². The summed E-state index contributed by atoms with van der Waals surface area (Å²) in [4.78, 5) is 21.1. The van der Waals surface area contributed by atoms with Crippen molar-refractivity contribution in [2.45, 2.75) is 13.3 Å². The first-order chi connectivity index (χ1) is 13.1. The third-order valence-corrected chi connectivity index (χ3v) is 4.10. The minimum atomic E-state index is -0.126. The summed E-state index contributed by atoms with van der Waals surface area (Å²) in [6, 6.07) is 7.05. The Hall–Kier alpha value is -3.32. The molecule has 0 saturated heterocycles. The molecule has 0 unspecified atom stereocenters. The predicted molar refractivity (Wildman–Crippen MR) is 99.3 cm³/mol. The van der Waals surface area contributed by atoms with E-state index < -0.39 is 0 Å². The van der Waals surface area contributed by atoms with Crippen molar-refractivity contribution >= 4 is 23.0 Å². The number of halogens is 1. The van der Waals surface area contributed by atoms with Crippen LogP contribution >= 0.6 is 11.6 Å². The summed E-state index contributed by atoms with van der Waals surface area (Å²) in [5.41, 5.74) is 2.59. The van der Waals surface area contributed by atoms with Crippen molar-refractivity contribution in [3.05, 3.63) is 77.2 Å². The molecule has 0 fully saturated rings. The van der Waals surface area contributed by atoms with Crippen molar-refractivity contribution in [2.75, 3.05) is 0 Å². The van der Waals surface area contributed by atoms with Gasteiger partial charge < -0.3 is 4.74 Å². The number of hydrogen-bond acceptors (Lipinski definition) is 6. The molecule has 0 aliphatic heterocycles. The highest BCUT2D eigenvalue weighted by molar-refractivity contribution is 6.30. The van der Waals surface area contributed by atoms with Crippen molar-refractivity contribution in [3.63, 3.8) is 0 Å². The molecular formula is C19H14ClN5O2. The molecule has 0 aliphatic rings. The Kier molecular flexibility index (Phi) is 4.52. The van der Waals surface area contributed by atoms with Gasteiger partial charge in [0.1, 0.15) is 17.8 Å². The molecule has 27 heavy (non-hydrogen) atoms. The lowest BCUT2D eigenvalue weighted by molar-refractivity contribution is 0.0992. The number of carbonyl (C=O) groups is 1. The summed E-state index contributed by atoms with van der Waals surface area (Å²) in [6.07, 6.45) is 8.16. The standard InChI is InChI=1S/C19H14ClN5O2/c1-12-2-3-14(22-7-12)5-18(26)17-6-16(10-25-11-23-24-19(17)25)27-15-4-13(20)8-21-9-15/h2-4,6-11H,5H2,1H3. The summed E-state index contributed by atoms with van der Waals surface area (Å²) < 4.78 is 7.44. The lowest BCUT2D eigenvalue weighted by Crippen LogP contribution is -2.08. The largest absolute Gasteiger partial charge is 0.454 e. The molecule has 0 radical (unpaired) electrons. The molecule has 4 heterocycles. The molecule has 0 N–H and O–H groups in total. The van der Waals surface area contributed by atoms with Crippen LogP contribution in [0.15, 0.2) is 55.4 Å². The predicted octanol–water partition coefficient (Wildman–Crippen LogP) is 3.70. The van der Waals surface area contributed by atoms with Gasteiger partial charge in [-0.2, -0.15) is 0 Å². The Labute approximate surface area is 159 Å². The van der Waals surface area contributed by atoms with Crippen LogP contribution in [0.4, 0.5) is 0 Å². The molecule has 0 spiro atoms. The number of aryl methyl sites for hydroxylation is 1. The number of Topliss-reactive ketones (excluding diaryl/α,β-unsaturated/α-hetero) is 1. The van der Waals surface area contributed by atoms with Gasteiger partial charge in [-0.05, 0) is 24.6 Å². The third kappa shape index (κ3) is 3.78. The molecule has 0 bridgehead atoms. The average molecular weight is 380 g/mol. The monoisotopic (exact) mass is 379 g/mol. The Morgan fingerprint density at radius 2 is 2.07 bits per heavy atom. The zero-order valence-electron chi connectivity index (χ0n) is 14.3. The van der Waals surface area contributed by atoms with E-state index in [-0.39, 0.29) is 12.2 Å². The van der Waals surface area contributed by atoms with Crippen molar-refractivity contribution in [3.8, 4) is 11.5 Å². The number of hydrogen-bond donors (Lipinski definition) is 0. The van der Waals surface area contributed by atoms with E-state index in [0.717, 1.165) is 5.56 Å². The third-order valence-electron chi connectivity index (χ3n) is 3.90. The highest BCUT2D eigenvalue weighted by Crippen LogP contribution is 2.26. The van der Waals surface area contributed by atoms with Gasteiger partial charge >= 0.3 is 0 Å². The molecule has 0 aromatic carbocycles. The summed E-state index contributed by atoms with van der Waals surface area (Å²) in [5, 5.41) is 8.38. The molecule has 0 saturated carbocycles. The summed E-state index contributed by atoms with van der Waals surface area (Å²) in [7, 11) is 0. The highest BCUT2D eigenvalue weighted by Gasteiger charge is 2.16. The van der Waals surface area contributed by atoms with E-state index in [4.69, 9.17) is 16.3 Å². The molecule has 8 heteroatoms. The van der Waals surface area contributed by atoms with Crippen LogP contribution in [0.5, 0.6) is 11.5 Å². The van der Waals surface area contributed by atoms with Crippen molar-refractivity contribution in [1.82, 2.24) is 24.6 Å². The van der Waals surface area contributed by atoms with Crippen molar-refractivity contribution in [2.24, 2.45) is 0 Å². The summed E-state index contributed by atoms with van der Waals surface area (Å²) in [6.45, 7) is 1.95. The number of ether oxygens (including phenoxy) is 1. The van der Waals surface area contributed by atoms with E-state index in [2.05, 4.69) is 20.2 Å². The fourth-order valence-corrected chi connectivity index (χ4v) is 2.78. The molecule has 4 aromatic rings. The Morgan fingerprint density at radius 3 is 2.85 bits per heavy atom. The van der Waals surface area contributed by atoms with Gasteiger partial charge in [-0.1, -0.05) is 17.7 Å². The molecule has 7 nitrogen and oxygen atoms in total. The van der Waals surface area contributed by atoms with Crippen LogP contribution in [-0.2, 0) is 6.42 Å². The molecule has 4 aromatic heterocycles. The number of aromatic nitrogens is 5. The van der Waals surface area contributed by atoms with Gasteiger partial charge in [-0.25, -0.2) is 0 Å². The highest BCUT2D eigenvalue weighted by atomic mass is 35.5. The number of carbonyl (C=O) groups excluding carboxylic acids is 1. The van der Waals surface area contributed by atoms with Gasteiger partial charge in [0.05, 0.1) is 29.4 Å². The molecule has 134 valence electrons. The van der Waals surface area contributed by atoms with Crippen LogP contribution in [0.3, 0.4) is 0 Å². The zero-order valence-corrected chi connectivity index (χ0v) is 15.1. The lowest BCUT2D eigenvalue weighted by Gasteiger charge is -2.09. The minimum Gasteiger partial charge on any atom is -0.454 e. The Morgan fingerprint density at radius 1 is 1.19 bits per heavy atom. The number of nitrogens with zero attached hydrogens (tertiary/aromatic N) is 5. The van der Waals surface area contributed by atoms with Gasteiger partial charge in [0, 0.05) is 24.2 Å². The second kappa shape index (κ2) is 7.13. The fraction of sp³-hybridized carbons (Fsp3) is 0.105. The SMILES string of the molecule is Cc1ccc(CC(=O)c2cc(Oc3cncc(Cl)c3)cn3cnnc23)nc1. The smallest absolute Gasteiger partial charge is 0.172 e. The number of rotatable bonds is 5. The van der Waals surface area contributed by atoms with Crippen molar-refractivity contribution in [1.29, 1.82) is 0 Å². The Balaban J connectivity index is 1.67. The average Bonchev–Trinajstić information content (AvgIpc) is 3.11. The first kappa shape index (κ1) is 17.1. The van der Waals surface area contributed by atoms with Crippen LogP contribution in [0.25, 0.3) is 5.65 Å². The number of ketones is 1. The van der Waals surface area contributed by atoms with Crippen LogP contribution in [0.1, 0.15) is 21.6 Å². The lowest BCUT2D eigenvalue weighted by atomic mass is 10.1. The molecular weight excluding hydrogens is 366 g/mol. The zero-order chi connectivity index (χ0) is 18.8. The fourth-order valence-electron chi connectivity index (χ4n) is 2.62. The van der Waals surface area contributed by atoms with Gasteiger partial charge in [-0.15, -0.1) is 10.2 Å². The Bertz CT molecular complexity index is 1120. The molecule has 0 atom stereocenters. The van der Waals surface area contributed by atoms with Gasteiger partial charge in [0.15, 0.2) is 11.4 Å². The van der Waals surface area contributed by atoms with E-state index in [0.29, 0.717) is 33.4 Å². The van der Waals surface area contributed by atoms with Crippen molar-refractivity contribution < 1.29 is 9.53 Å². The van der Waals surface area contributed by atoms with Gasteiger partial charge in [0.2, 0.25) is 0 Å². The van der Waals surface area contributed by atoms with E-state index >= 15 is 0 Å². The van der Waals surface area contributed by atoms with Crippen LogP contribution in [0.2, 0.25) is 5.02 Å². The topological polar surface area (TPSA) is 82.3 Å².